The van der Waals surface area contributed by atoms with Gasteiger partial charge in [-0.05, 0) is 36.6 Å². The summed E-state index contributed by atoms with van der Waals surface area (Å²) in [6.07, 6.45) is 8.45. The van der Waals surface area contributed by atoms with Gasteiger partial charge in [0.15, 0.2) is 0 Å². The van der Waals surface area contributed by atoms with Gasteiger partial charge in [0.05, 0.1) is 4.92 Å². The van der Waals surface area contributed by atoms with Crippen molar-refractivity contribution in [2.75, 3.05) is 6.54 Å². The molecule has 134 valence electrons. The Bertz CT molecular complexity index is 649. The van der Waals surface area contributed by atoms with Gasteiger partial charge in [-0.1, -0.05) is 19.3 Å². The molecule has 0 bridgehead atoms. The van der Waals surface area contributed by atoms with Crippen LogP contribution >= 0.6 is 0 Å². The number of primary amides is 1. The predicted molar refractivity (Wildman–Crippen MR) is 94.5 cm³/mol. The molecule has 0 spiro atoms. The smallest absolute Gasteiger partial charge is 0.269 e. The first-order chi connectivity index (χ1) is 12.0. The van der Waals surface area contributed by atoms with Gasteiger partial charge < -0.3 is 10.6 Å². The Hall–Kier alpha value is -2.70. The molecular formula is C18H23N3O4. The van der Waals surface area contributed by atoms with Crippen LogP contribution in [-0.4, -0.2) is 34.2 Å². The second kappa shape index (κ2) is 8.96. The third-order valence-electron chi connectivity index (χ3n) is 4.42. The van der Waals surface area contributed by atoms with E-state index in [9.17, 15) is 19.7 Å². The first kappa shape index (κ1) is 18.6. The van der Waals surface area contributed by atoms with Gasteiger partial charge in [0.1, 0.15) is 0 Å². The molecule has 1 aromatic carbocycles. The van der Waals surface area contributed by atoms with E-state index < -0.39 is 10.8 Å². The highest BCUT2D eigenvalue weighted by Crippen LogP contribution is 2.23. The summed E-state index contributed by atoms with van der Waals surface area (Å²) in [5.41, 5.74) is 5.94. The summed E-state index contributed by atoms with van der Waals surface area (Å²) >= 11 is 0. The van der Waals surface area contributed by atoms with Gasteiger partial charge >= 0.3 is 0 Å². The highest BCUT2D eigenvalue weighted by Gasteiger charge is 2.24. The van der Waals surface area contributed by atoms with Crippen LogP contribution < -0.4 is 5.73 Å². The molecule has 1 aliphatic rings. The average Bonchev–Trinajstić information content (AvgIpc) is 2.61. The summed E-state index contributed by atoms with van der Waals surface area (Å²) < 4.78 is 0. The van der Waals surface area contributed by atoms with Crippen molar-refractivity contribution in [3.63, 3.8) is 0 Å². The lowest BCUT2D eigenvalue weighted by Gasteiger charge is -2.33. The van der Waals surface area contributed by atoms with Crippen molar-refractivity contribution in [1.82, 2.24) is 4.90 Å². The maximum absolute atomic E-state index is 12.6. The second-order valence-corrected chi connectivity index (χ2v) is 6.22. The number of hydrogen-bond acceptors (Lipinski definition) is 4. The predicted octanol–water partition coefficient (Wildman–Crippen LogP) is 2.64. The third kappa shape index (κ3) is 5.70. The van der Waals surface area contributed by atoms with E-state index in [1.165, 1.54) is 24.6 Å². The molecule has 0 radical (unpaired) electrons. The summed E-state index contributed by atoms with van der Waals surface area (Å²) in [6.45, 7) is 0.323. The van der Waals surface area contributed by atoms with Crippen LogP contribution in [0.1, 0.15) is 44.1 Å². The molecule has 1 saturated carbocycles. The van der Waals surface area contributed by atoms with Crippen LogP contribution in [0.2, 0.25) is 0 Å². The number of hydrogen-bond donors (Lipinski definition) is 1. The number of benzene rings is 1. The normalized spacial score (nSPS) is 15.2. The third-order valence-corrected chi connectivity index (χ3v) is 4.42. The molecule has 2 rings (SSSR count). The van der Waals surface area contributed by atoms with E-state index in [0.717, 1.165) is 25.7 Å². The Morgan fingerprint density at radius 2 is 1.84 bits per heavy atom. The minimum Gasteiger partial charge on any atom is -0.370 e. The Kier molecular flexibility index (Phi) is 6.68. The zero-order chi connectivity index (χ0) is 18.2. The van der Waals surface area contributed by atoms with Crippen LogP contribution in [0.25, 0.3) is 6.08 Å². The quantitative estimate of drug-likeness (QED) is 0.465. The van der Waals surface area contributed by atoms with Crippen LogP contribution in [0, 0.1) is 10.1 Å². The van der Waals surface area contributed by atoms with Crippen molar-refractivity contribution >= 4 is 23.6 Å². The van der Waals surface area contributed by atoms with Gasteiger partial charge in [0.25, 0.3) is 5.69 Å². The van der Waals surface area contributed by atoms with E-state index in [4.69, 9.17) is 5.73 Å². The molecule has 7 nitrogen and oxygen atoms in total. The highest BCUT2D eigenvalue weighted by atomic mass is 16.6. The Morgan fingerprint density at radius 1 is 1.20 bits per heavy atom. The van der Waals surface area contributed by atoms with Crippen molar-refractivity contribution in [2.24, 2.45) is 5.73 Å². The minimum absolute atomic E-state index is 0.00812. The monoisotopic (exact) mass is 345 g/mol. The van der Waals surface area contributed by atoms with Crippen LogP contribution in [0.5, 0.6) is 0 Å². The first-order valence-corrected chi connectivity index (χ1v) is 8.49. The fourth-order valence-electron chi connectivity index (χ4n) is 3.07. The maximum Gasteiger partial charge on any atom is 0.269 e. The lowest BCUT2D eigenvalue weighted by atomic mass is 9.94. The SMILES string of the molecule is NC(=O)CCN(C(=O)/C=C/c1ccc([N+](=O)[O-])cc1)C1CCCCC1. The molecule has 0 saturated heterocycles. The second-order valence-electron chi connectivity index (χ2n) is 6.22. The van der Waals surface area contributed by atoms with Gasteiger partial charge in [-0.15, -0.1) is 0 Å². The van der Waals surface area contributed by atoms with Gasteiger partial charge in [-0.2, -0.15) is 0 Å². The zero-order valence-corrected chi connectivity index (χ0v) is 14.1. The fourth-order valence-corrected chi connectivity index (χ4v) is 3.07. The Labute approximate surface area is 146 Å². The van der Waals surface area contributed by atoms with Gasteiger partial charge in [-0.3, -0.25) is 19.7 Å². The summed E-state index contributed by atoms with van der Waals surface area (Å²) in [5, 5.41) is 10.7. The van der Waals surface area contributed by atoms with Crippen LogP contribution in [0.3, 0.4) is 0 Å². The Morgan fingerprint density at radius 3 is 2.40 bits per heavy atom. The summed E-state index contributed by atoms with van der Waals surface area (Å²) in [6, 6.07) is 6.13. The van der Waals surface area contributed by atoms with Crippen molar-refractivity contribution in [1.29, 1.82) is 0 Å². The fraction of sp³-hybridized carbons (Fsp3) is 0.444. The molecule has 1 aliphatic carbocycles. The number of non-ortho nitro benzene ring substituents is 1. The molecule has 25 heavy (non-hydrogen) atoms. The number of nitrogens with two attached hydrogens (primary N) is 1. The van der Waals surface area contributed by atoms with E-state index >= 15 is 0 Å². The molecule has 2 amide bonds. The van der Waals surface area contributed by atoms with Crippen molar-refractivity contribution in [3.05, 3.63) is 46.0 Å². The number of rotatable bonds is 7. The Balaban J connectivity index is 2.06. The number of nitro groups is 1. The van der Waals surface area contributed by atoms with Crippen molar-refractivity contribution < 1.29 is 14.5 Å². The van der Waals surface area contributed by atoms with Gasteiger partial charge in [0.2, 0.25) is 11.8 Å². The topological polar surface area (TPSA) is 107 Å². The molecule has 0 unspecified atom stereocenters. The number of nitro benzene ring substituents is 1. The summed E-state index contributed by atoms with van der Waals surface area (Å²) in [5.74, 6) is -0.584. The largest absolute Gasteiger partial charge is 0.370 e. The van der Waals surface area contributed by atoms with Gasteiger partial charge in [-0.25, -0.2) is 0 Å². The lowest BCUT2D eigenvalue weighted by molar-refractivity contribution is -0.384. The standard InChI is InChI=1S/C18H23N3O4/c19-17(22)12-13-20(15-4-2-1-3-5-15)18(23)11-8-14-6-9-16(10-7-14)21(24)25/h6-11,15H,1-5,12-13H2,(H2,19,22)/b11-8+. The van der Waals surface area contributed by atoms with Crippen LogP contribution in [0.15, 0.2) is 30.3 Å². The van der Waals surface area contributed by atoms with E-state index in [-0.39, 0.29) is 24.1 Å². The molecular weight excluding hydrogens is 322 g/mol. The van der Waals surface area contributed by atoms with E-state index in [1.807, 2.05) is 0 Å². The van der Waals surface area contributed by atoms with Crippen LogP contribution in [-0.2, 0) is 9.59 Å². The first-order valence-electron chi connectivity index (χ1n) is 8.49. The molecule has 0 aliphatic heterocycles. The highest BCUT2D eigenvalue weighted by molar-refractivity contribution is 5.92. The zero-order valence-electron chi connectivity index (χ0n) is 14.1. The molecule has 1 fully saturated rings. The number of amides is 2. The molecule has 7 heteroatoms. The average molecular weight is 345 g/mol. The van der Waals surface area contributed by atoms with Crippen molar-refractivity contribution in [2.45, 2.75) is 44.6 Å². The minimum atomic E-state index is -0.465. The van der Waals surface area contributed by atoms with E-state index in [2.05, 4.69) is 0 Å². The summed E-state index contributed by atoms with van der Waals surface area (Å²) in [4.78, 5) is 35.6. The molecule has 0 atom stereocenters. The maximum atomic E-state index is 12.6. The van der Waals surface area contributed by atoms with E-state index in [0.29, 0.717) is 12.1 Å². The lowest BCUT2D eigenvalue weighted by Crippen LogP contribution is -2.42. The molecule has 0 heterocycles. The van der Waals surface area contributed by atoms with Crippen molar-refractivity contribution in [3.8, 4) is 0 Å². The molecule has 2 N–H and O–H groups in total. The van der Waals surface area contributed by atoms with E-state index in [1.54, 1.807) is 23.1 Å². The number of carbonyl (C=O) groups excluding carboxylic acids is 2. The number of carbonyl (C=O) groups is 2. The molecule has 1 aromatic rings. The van der Waals surface area contributed by atoms with Crippen LogP contribution in [0.4, 0.5) is 5.69 Å². The van der Waals surface area contributed by atoms with Gasteiger partial charge in [0, 0.05) is 37.2 Å². The number of nitrogens with zero attached hydrogens (tertiary/aromatic N) is 2. The summed E-state index contributed by atoms with van der Waals surface area (Å²) in [7, 11) is 0. The molecule has 0 aromatic heterocycles.